The Balaban J connectivity index is 2.07. The number of benzene rings is 1. The molecule has 1 aliphatic carbocycles. The van der Waals surface area contributed by atoms with Crippen LogP contribution in [0.5, 0.6) is 0 Å². The average Bonchev–Trinajstić information content (AvgIpc) is 2.73. The van der Waals surface area contributed by atoms with Crippen molar-refractivity contribution in [2.24, 2.45) is 11.8 Å². The zero-order valence-electron chi connectivity index (χ0n) is 10.2. The number of nitrogens with one attached hydrogen (secondary N) is 1. The van der Waals surface area contributed by atoms with Crippen LogP contribution in [0.1, 0.15) is 24.8 Å². The van der Waals surface area contributed by atoms with Crippen LogP contribution in [-0.4, -0.2) is 13.6 Å². The molecule has 1 saturated carbocycles. The van der Waals surface area contributed by atoms with Crippen molar-refractivity contribution >= 4 is 15.9 Å². The SMILES string of the molecule is CNCC1CCCC1Cc1cccc(F)c1Br. The Morgan fingerprint density at radius 1 is 1.35 bits per heavy atom. The predicted octanol–water partition coefficient (Wildman–Crippen LogP) is 3.77. The fourth-order valence-corrected chi connectivity index (χ4v) is 3.33. The van der Waals surface area contributed by atoms with Gasteiger partial charge in [0.1, 0.15) is 5.82 Å². The van der Waals surface area contributed by atoms with Crippen molar-refractivity contribution < 1.29 is 4.39 Å². The third-order valence-electron chi connectivity index (χ3n) is 3.80. The molecule has 1 aromatic carbocycles. The summed E-state index contributed by atoms with van der Waals surface area (Å²) >= 11 is 3.36. The maximum Gasteiger partial charge on any atom is 0.137 e. The smallest absolute Gasteiger partial charge is 0.137 e. The van der Waals surface area contributed by atoms with E-state index in [0.717, 1.165) is 24.4 Å². The van der Waals surface area contributed by atoms with Gasteiger partial charge in [0.15, 0.2) is 0 Å². The van der Waals surface area contributed by atoms with Gasteiger partial charge in [-0.25, -0.2) is 4.39 Å². The van der Waals surface area contributed by atoms with Crippen LogP contribution in [0.2, 0.25) is 0 Å². The molecule has 2 rings (SSSR count). The van der Waals surface area contributed by atoms with Gasteiger partial charge in [-0.15, -0.1) is 0 Å². The average molecular weight is 300 g/mol. The molecule has 0 aromatic heterocycles. The van der Waals surface area contributed by atoms with E-state index in [1.807, 2.05) is 13.1 Å². The number of rotatable bonds is 4. The highest BCUT2D eigenvalue weighted by Crippen LogP contribution is 2.35. The standard InChI is InChI=1S/C14H19BrFN/c1-17-9-12-6-2-4-10(12)8-11-5-3-7-13(16)14(11)15/h3,5,7,10,12,17H,2,4,6,8-9H2,1H3. The maximum absolute atomic E-state index is 13.4. The summed E-state index contributed by atoms with van der Waals surface area (Å²) in [6.07, 6.45) is 4.88. The van der Waals surface area contributed by atoms with Crippen LogP contribution < -0.4 is 5.32 Å². The minimum Gasteiger partial charge on any atom is -0.319 e. The molecule has 0 radical (unpaired) electrons. The summed E-state index contributed by atoms with van der Waals surface area (Å²) in [6, 6.07) is 5.34. The van der Waals surface area contributed by atoms with Gasteiger partial charge in [0, 0.05) is 0 Å². The lowest BCUT2D eigenvalue weighted by Gasteiger charge is -2.20. The lowest BCUT2D eigenvalue weighted by molar-refractivity contribution is 0.373. The first kappa shape index (κ1) is 13.0. The first-order valence-corrected chi connectivity index (χ1v) is 7.09. The van der Waals surface area contributed by atoms with E-state index in [2.05, 4.69) is 21.2 Å². The van der Waals surface area contributed by atoms with Gasteiger partial charge in [0.2, 0.25) is 0 Å². The lowest BCUT2D eigenvalue weighted by Crippen LogP contribution is -2.23. The van der Waals surface area contributed by atoms with Gasteiger partial charge in [-0.3, -0.25) is 0 Å². The summed E-state index contributed by atoms with van der Waals surface area (Å²) in [6.45, 7) is 1.08. The fourth-order valence-electron chi connectivity index (χ4n) is 2.90. The van der Waals surface area contributed by atoms with Crippen LogP contribution in [0, 0.1) is 17.7 Å². The summed E-state index contributed by atoms with van der Waals surface area (Å²) in [7, 11) is 2.01. The van der Waals surface area contributed by atoms with Crippen LogP contribution in [0.25, 0.3) is 0 Å². The van der Waals surface area contributed by atoms with Crippen molar-refractivity contribution in [3.8, 4) is 0 Å². The molecule has 2 atom stereocenters. The Kier molecular flexibility index (Phi) is 4.57. The molecule has 3 heteroatoms. The second-order valence-electron chi connectivity index (χ2n) is 4.93. The Labute approximate surface area is 111 Å². The van der Waals surface area contributed by atoms with E-state index in [9.17, 15) is 4.39 Å². The van der Waals surface area contributed by atoms with Crippen molar-refractivity contribution in [3.63, 3.8) is 0 Å². The minimum absolute atomic E-state index is 0.148. The van der Waals surface area contributed by atoms with Crippen LogP contribution in [0.15, 0.2) is 22.7 Å². The van der Waals surface area contributed by atoms with Gasteiger partial charge in [-0.05, 0) is 72.3 Å². The van der Waals surface area contributed by atoms with Crippen LogP contribution in [0.4, 0.5) is 4.39 Å². The molecule has 0 bridgehead atoms. The molecule has 1 aromatic rings. The topological polar surface area (TPSA) is 12.0 Å². The summed E-state index contributed by atoms with van der Waals surface area (Å²) in [5.41, 5.74) is 1.11. The number of hydrogen-bond acceptors (Lipinski definition) is 1. The summed E-state index contributed by atoms with van der Waals surface area (Å²) in [4.78, 5) is 0. The third-order valence-corrected chi connectivity index (χ3v) is 4.68. The minimum atomic E-state index is -0.148. The van der Waals surface area contributed by atoms with Crippen LogP contribution in [-0.2, 0) is 6.42 Å². The molecule has 1 fully saturated rings. The Morgan fingerprint density at radius 3 is 2.88 bits per heavy atom. The van der Waals surface area contributed by atoms with E-state index in [4.69, 9.17) is 0 Å². The second-order valence-corrected chi connectivity index (χ2v) is 5.72. The van der Waals surface area contributed by atoms with Crippen molar-refractivity contribution in [3.05, 3.63) is 34.1 Å². The number of hydrogen-bond donors (Lipinski definition) is 1. The summed E-state index contributed by atoms with van der Waals surface area (Å²) in [5.74, 6) is 1.29. The van der Waals surface area contributed by atoms with E-state index in [1.54, 1.807) is 6.07 Å². The van der Waals surface area contributed by atoms with Crippen molar-refractivity contribution in [1.29, 1.82) is 0 Å². The molecular weight excluding hydrogens is 281 g/mol. The Bertz CT molecular complexity index is 380. The zero-order valence-corrected chi connectivity index (χ0v) is 11.8. The van der Waals surface area contributed by atoms with Gasteiger partial charge >= 0.3 is 0 Å². The molecule has 0 spiro atoms. The molecule has 94 valence electrons. The highest BCUT2D eigenvalue weighted by molar-refractivity contribution is 9.10. The van der Waals surface area contributed by atoms with Crippen molar-refractivity contribution in [2.75, 3.05) is 13.6 Å². The van der Waals surface area contributed by atoms with E-state index in [0.29, 0.717) is 10.4 Å². The van der Waals surface area contributed by atoms with E-state index in [1.165, 1.54) is 25.3 Å². The highest BCUT2D eigenvalue weighted by Gasteiger charge is 2.27. The monoisotopic (exact) mass is 299 g/mol. The molecule has 0 saturated heterocycles. The lowest BCUT2D eigenvalue weighted by atomic mass is 9.89. The molecule has 2 unspecified atom stereocenters. The van der Waals surface area contributed by atoms with Gasteiger partial charge < -0.3 is 5.32 Å². The molecular formula is C14H19BrFN. The summed E-state index contributed by atoms with van der Waals surface area (Å²) < 4.78 is 14.1. The highest BCUT2D eigenvalue weighted by atomic mass is 79.9. The predicted molar refractivity (Wildman–Crippen MR) is 72.6 cm³/mol. The zero-order chi connectivity index (χ0) is 12.3. The Hall–Kier alpha value is -0.410. The van der Waals surface area contributed by atoms with Gasteiger partial charge in [0.25, 0.3) is 0 Å². The van der Waals surface area contributed by atoms with E-state index < -0.39 is 0 Å². The quantitative estimate of drug-likeness (QED) is 0.892. The van der Waals surface area contributed by atoms with Gasteiger partial charge in [-0.2, -0.15) is 0 Å². The number of halogens is 2. The molecule has 1 N–H and O–H groups in total. The fraction of sp³-hybridized carbons (Fsp3) is 0.571. The van der Waals surface area contributed by atoms with Crippen molar-refractivity contribution in [2.45, 2.75) is 25.7 Å². The third kappa shape index (κ3) is 3.08. The molecule has 1 aliphatic rings. The maximum atomic E-state index is 13.4. The molecule has 0 heterocycles. The summed E-state index contributed by atoms with van der Waals surface area (Å²) in [5, 5.41) is 3.27. The van der Waals surface area contributed by atoms with Crippen molar-refractivity contribution in [1.82, 2.24) is 5.32 Å². The molecule has 17 heavy (non-hydrogen) atoms. The first-order valence-electron chi connectivity index (χ1n) is 6.30. The Morgan fingerprint density at radius 2 is 2.12 bits per heavy atom. The van der Waals surface area contributed by atoms with Gasteiger partial charge in [-0.1, -0.05) is 18.6 Å². The van der Waals surface area contributed by atoms with Gasteiger partial charge in [0.05, 0.1) is 4.47 Å². The normalized spacial score (nSPS) is 24.2. The van der Waals surface area contributed by atoms with E-state index >= 15 is 0 Å². The first-order chi connectivity index (χ1) is 8.22. The molecule has 0 aliphatic heterocycles. The van der Waals surface area contributed by atoms with E-state index in [-0.39, 0.29) is 5.82 Å². The largest absolute Gasteiger partial charge is 0.319 e. The van der Waals surface area contributed by atoms with Crippen LogP contribution in [0.3, 0.4) is 0 Å². The molecule has 0 amide bonds. The molecule has 1 nitrogen and oxygen atoms in total. The van der Waals surface area contributed by atoms with Crippen LogP contribution >= 0.6 is 15.9 Å². The second kappa shape index (κ2) is 5.96.